The van der Waals surface area contributed by atoms with Gasteiger partial charge in [-0.15, -0.1) is 0 Å². The number of aryl methyl sites for hydroxylation is 1. The summed E-state index contributed by atoms with van der Waals surface area (Å²) in [6.45, 7) is 3.42. The van der Waals surface area contributed by atoms with Gasteiger partial charge < -0.3 is 15.5 Å². The highest BCUT2D eigenvalue weighted by Crippen LogP contribution is 2.20. The largest absolute Gasteiger partial charge is 0.341 e. The number of H-pyrrole nitrogens is 1. The van der Waals surface area contributed by atoms with Crippen molar-refractivity contribution in [3.63, 3.8) is 0 Å². The first kappa shape index (κ1) is 22.5. The fourth-order valence-electron chi connectivity index (χ4n) is 4.64. The van der Waals surface area contributed by atoms with E-state index in [4.69, 9.17) is 12.2 Å². The normalized spacial score (nSPS) is 17.8. The third-order valence-electron chi connectivity index (χ3n) is 6.45. The number of benzene rings is 1. The molecule has 1 saturated heterocycles. The van der Waals surface area contributed by atoms with Crippen LogP contribution in [0.1, 0.15) is 50.5 Å². The molecule has 2 fully saturated rings. The molecule has 1 aliphatic carbocycles. The van der Waals surface area contributed by atoms with Crippen LogP contribution >= 0.6 is 12.2 Å². The molecule has 0 unspecified atom stereocenters. The van der Waals surface area contributed by atoms with Crippen LogP contribution in [0.3, 0.4) is 0 Å². The molecule has 0 atom stereocenters. The Morgan fingerprint density at radius 3 is 2.47 bits per heavy atom. The van der Waals surface area contributed by atoms with Crippen LogP contribution in [0.4, 0.5) is 4.79 Å². The Morgan fingerprint density at radius 2 is 1.78 bits per heavy atom. The molecule has 2 aliphatic rings. The molecule has 9 heteroatoms. The molecule has 1 saturated carbocycles. The molecule has 1 aromatic heterocycles. The van der Waals surface area contributed by atoms with E-state index in [1.54, 1.807) is 4.57 Å². The highest BCUT2D eigenvalue weighted by molar-refractivity contribution is 7.71. The molecular weight excluding hydrogens is 424 g/mol. The lowest BCUT2D eigenvalue weighted by Crippen LogP contribution is -2.51. The minimum atomic E-state index is -0.0748. The second-order valence-corrected chi connectivity index (χ2v) is 9.30. The molecule has 3 N–H and O–H groups in total. The molecule has 2 aromatic rings. The van der Waals surface area contributed by atoms with Crippen molar-refractivity contribution in [1.29, 1.82) is 0 Å². The average molecular weight is 457 g/mol. The maximum absolute atomic E-state index is 13.0. The van der Waals surface area contributed by atoms with Crippen molar-refractivity contribution in [2.24, 2.45) is 0 Å². The standard InChI is InChI=1S/C23H32N6O2S/c1-16-6-5-7-17(14-16)21-26-27-23(32)29(21)15-20(30)28-12-10-19(11-13-28)25-22(31)24-18-8-3-2-4-9-18/h5-7,14,18-19H,2-4,8-13,15H2,1H3,(H,27,32)(H2,24,25,31). The number of hydrogen-bond acceptors (Lipinski definition) is 4. The first-order valence-electron chi connectivity index (χ1n) is 11.6. The fourth-order valence-corrected chi connectivity index (χ4v) is 4.83. The number of aromatic amines is 1. The van der Waals surface area contributed by atoms with Crippen molar-refractivity contribution in [1.82, 2.24) is 30.3 Å². The molecule has 32 heavy (non-hydrogen) atoms. The molecule has 1 aromatic carbocycles. The van der Waals surface area contributed by atoms with Crippen LogP contribution in [0.5, 0.6) is 0 Å². The number of aromatic nitrogens is 3. The number of carbonyl (C=O) groups is 2. The minimum absolute atomic E-state index is 0.0153. The van der Waals surface area contributed by atoms with E-state index in [-0.39, 0.29) is 24.5 Å². The van der Waals surface area contributed by atoms with Gasteiger partial charge in [0.15, 0.2) is 10.6 Å². The van der Waals surface area contributed by atoms with Crippen LogP contribution in [0, 0.1) is 11.7 Å². The van der Waals surface area contributed by atoms with Gasteiger partial charge in [-0.2, -0.15) is 5.10 Å². The number of amides is 3. The van der Waals surface area contributed by atoms with Gasteiger partial charge in [-0.25, -0.2) is 4.79 Å². The predicted octanol–water partition coefficient (Wildman–Crippen LogP) is 3.54. The lowest BCUT2D eigenvalue weighted by Gasteiger charge is -2.33. The Kier molecular flexibility index (Phi) is 7.24. The van der Waals surface area contributed by atoms with Crippen LogP contribution in [-0.4, -0.2) is 56.8 Å². The van der Waals surface area contributed by atoms with Crippen molar-refractivity contribution in [2.75, 3.05) is 13.1 Å². The van der Waals surface area contributed by atoms with Gasteiger partial charge in [0.1, 0.15) is 6.54 Å². The number of nitrogens with zero attached hydrogens (tertiary/aromatic N) is 3. The maximum atomic E-state index is 13.0. The number of urea groups is 1. The highest BCUT2D eigenvalue weighted by Gasteiger charge is 2.25. The molecule has 8 nitrogen and oxygen atoms in total. The smallest absolute Gasteiger partial charge is 0.315 e. The SMILES string of the molecule is Cc1cccc(-c2n[nH]c(=S)n2CC(=O)N2CCC(NC(=O)NC3CCCCC3)CC2)c1. The van der Waals surface area contributed by atoms with Gasteiger partial charge in [-0.3, -0.25) is 14.5 Å². The van der Waals surface area contributed by atoms with Crippen LogP contribution in [-0.2, 0) is 11.3 Å². The summed E-state index contributed by atoms with van der Waals surface area (Å²) in [6, 6.07) is 8.31. The summed E-state index contributed by atoms with van der Waals surface area (Å²) < 4.78 is 2.19. The van der Waals surface area contributed by atoms with Crippen molar-refractivity contribution >= 4 is 24.2 Å². The third kappa shape index (κ3) is 5.56. The topological polar surface area (TPSA) is 95.1 Å². The summed E-state index contributed by atoms with van der Waals surface area (Å²) in [5.41, 5.74) is 2.05. The molecule has 2 heterocycles. The lowest BCUT2D eigenvalue weighted by molar-refractivity contribution is -0.132. The predicted molar refractivity (Wildman–Crippen MR) is 126 cm³/mol. The lowest BCUT2D eigenvalue weighted by atomic mass is 9.96. The van der Waals surface area contributed by atoms with E-state index in [1.807, 2.05) is 36.1 Å². The Morgan fingerprint density at radius 1 is 1.09 bits per heavy atom. The number of rotatable bonds is 5. The number of nitrogens with one attached hydrogen (secondary N) is 3. The Labute approximate surface area is 193 Å². The minimum Gasteiger partial charge on any atom is -0.341 e. The van der Waals surface area contributed by atoms with Crippen LogP contribution in [0.25, 0.3) is 11.4 Å². The van der Waals surface area contributed by atoms with E-state index in [2.05, 4.69) is 20.8 Å². The summed E-state index contributed by atoms with van der Waals surface area (Å²) in [6.07, 6.45) is 7.30. The molecule has 3 amide bonds. The fraction of sp³-hybridized carbons (Fsp3) is 0.565. The number of carbonyl (C=O) groups excluding carboxylic acids is 2. The zero-order valence-corrected chi connectivity index (χ0v) is 19.4. The Bertz CT molecular complexity index is 1000. The maximum Gasteiger partial charge on any atom is 0.315 e. The van der Waals surface area contributed by atoms with Crippen LogP contribution < -0.4 is 10.6 Å². The number of piperidine rings is 1. The van der Waals surface area contributed by atoms with E-state index in [0.29, 0.717) is 29.7 Å². The van der Waals surface area contributed by atoms with Gasteiger partial charge >= 0.3 is 6.03 Å². The molecule has 4 rings (SSSR count). The summed E-state index contributed by atoms with van der Waals surface area (Å²) >= 11 is 5.38. The van der Waals surface area contributed by atoms with E-state index < -0.39 is 0 Å². The van der Waals surface area contributed by atoms with E-state index in [0.717, 1.165) is 36.8 Å². The van der Waals surface area contributed by atoms with Crippen molar-refractivity contribution in [2.45, 2.75) is 70.5 Å². The summed E-state index contributed by atoms with van der Waals surface area (Å²) in [4.78, 5) is 27.1. The zero-order valence-electron chi connectivity index (χ0n) is 18.6. The molecule has 0 radical (unpaired) electrons. The van der Waals surface area contributed by atoms with E-state index in [1.165, 1.54) is 19.3 Å². The molecule has 0 bridgehead atoms. The van der Waals surface area contributed by atoms with Gasteiger partial charge in [0.2, 0.25) is 5.91 Å². The summed E-state index contributed by atoms with van der Waals surface area (Å²) in [7, 11) is 0. The van der Waals surface area contributed by atoms with Gasteiger partial charge in [0, 0.05) is 30.7 Å². The molecular formula is C23H32N6O2S. The monoisotopic (exact) mass is 456 g/mol. The van der Waals surface area contributed by atoms with Crippen molar-refractivity contribution in [3.05, 3.63) is 34.6 Å². The second kappa shape index (κ2) is 10.3. The van der Waals surface area contributed by atoms with Crippen LogP contribution in [0.15, 0.2) is 24.3 Å². The first-order valence-corrected chi connectivity index (χ1v) is 12.0. The van der Waals surface area contributed by atoms with Gasteiger partial charge in [0.05, 0.1) is 0 Å². The van der Waals surface area contributed by atoms with Gasteiger partial charge in [-0.05, 0) is 50.9 Å². The highest BCUT2D eigenvalue weighted by atomic mass is 32.1. The molecule has 172 valence electrons. The summed E-state index contributed by atoms with van der Waals surface area (Å²) in [5, 5.41) is 13.4. The molecule has 0 spiro atoms. The Hall–Kier alpha value is -2.68. The van der Waals surface area contributed by atoms with E-state index in [9.17, 15) is 9.59 Å². The second-order valence-electron chi connectivity index (χ2n) is 8.92. The van der Waals surface area contributed by atoms with Crippen LogP contribution in [0.2, 0.25) is 0 Å². The van der Waals surface area contributed by atoms with Crippen molar-refractivity contribution < 1.29 is 9.59 Å². The number of hydrogen-bond donors (Lipinski definition) is 3. The average Bonchev–Trinajstić information content (AvgIpc) is 3.15. The zero-order chi connectivity index (χ0) is 22.5. The first-order chi connectivity index (χ1) is 15.5. The quantitative estimate of drug-likeness (QED) is 0.600. The van der Waals surface area contributed by atoms with Crippen molar-refractivity contribution in [3.8, 4) is 11.4 Å². The third-order valence-corrected chi connectivity index (χ3v) is 6.76. The van der Waals surface area contributed by atoms with Gasteiger partial charge in [0.25, 0.3) is 0 Å². The Balaban J connectivity index is 1.29. The molecule has 1 aliphatic heterocycles. The van der Waals surface area contributed by atoms with E-state index >= 15 is 0 Å². The van der Waals surface area contributed by atoms with Gasteiger partial charge in [-0.1, -0.05) is 43.0 Å². The number of likely N-dealkylation sites (tertiary alicyclic amines) is 1. The summed E-state index contributed by atoms with van der Waals surface area (Å²) in [5.74, 6) is 0.685.